The van der Waals surface area contributed by atoms with Gasteiger partial charge in [0.05, 0.1) is 5.54 Å². The molecule has 1 N–H and O–H groups in total. The van der Waals surface area contributed by atoms with E-state index in [9.17, 15) is 4.79 Å². The number of likely N-dealkylation sites (N-methyl/N-ethyl adjacent to an activating group) is 1. The van der Waals surface area contributed by atoms with Gasteiger partial charge in [-0.1, -0.05) is 0 Å². The summed E-state index contributed by atoms with van der Waals surface area (Å²) in [5.74, 6) is 0. The molecule has 1 aliphatic carbocycles. The summed E-state index contributed by atoms with van der Waals surface area (Å²) in [7, 11) is 1.93. The average Bonchev–Trinajstić information content (AvgIpc) is 2.66. The van der Waals surface area contributed by atoms with Gasteiger partial charge in [-0.25, -0.2) is 4.79 Å². The van der Waals surface area contributed by atoms with Crippen molar-refractivity contribution < 1.29 is 4.79 Å². The SMILES string of the molecule is CN1CC2(CCNC2)N(C2CCC2)C1=O. The summed E-state index contributed by atoms with van der Waals surface area (Å²) < 4.78 is 0. The molecule has 84 valence electrons. The van der Waals surface area contributed by atoms with Crippen molar-refractivity contribution in [3.8, 4) is 0 Å². The van der Waals surface area contributed by atoms with Crippen LogP contribution in [0, 0.1) is 0 Å². The number of hydrogen-bond donors (Lipinski definition) is 1. The van der Waals surface area contributed by atoms with E-state index in [4.69, 9.17) is 0 Å². The Morgan fingerprint density at radius 2 is 2.27 bits per heavy atom. The molecule has 1 saturated carbocycles. The maximum Gasteiger partial charge on any atom is 0.320 e. The largest absolute Gasteiger partial charge is 0.325 e. The zero-order chi connectivity index (χ0) is 10.5. The topological polar surface area (TPSA) is 35.6 Å². The van der Waals surface area contributed by atoms with Crippen molar-refractivity contribution in [3.05, 3.63) is 0 Å². The zero-order valence-corrected chi connectivity index (χ0v) is 9.33. The number of carbonyl (C=O) groups excluding carboxylic acids is 1. The number of nitrogens with one attached hydrogen (secondary N) is 1. The second kappa shape index (κ2) is 3.11. The number of hydrogen-bond acceptors (Lipinski definition) is 2. The molecule has 2 aliphatic heterocycles. The lowest BCUT2D eigenvalue weighted by Crippen LogP contribution is -2.55. The lowest BCUT2D eigenvalue weighted by molar-refractivity contribution is 0.0869. The van der Waals surface area contributed by atoms with Crippen molar-refractivity contribution in [1.82, 2.24) is 15.1 Å². The Hall–Kier alpha value is -0.770. The first kappa shape index (κ1) is 9.46. The summed E-state index contributed by atoms with van der Waals surface area (Å²) >= 11 is 0. The third-order valence-corrected chi connectivity index (χ3v) is 4.24. The predicted molar refractivity (Wildman–Crippen MR) is 57.7 cm³/mol. The molecule has 4 heteroatoms. The molecular formula is C11H19N3O. The highest BCUT2D eigenvalue weighted by atomic mass is 16.2. The van der Waals surface area contributed by atoms with Gasteiger partial charge in [0.15, 0.2) is 0 Å². The fraction of sp³-hybridized carbons (Fsp3) is 0.909. The molecule has 0 radical (unpaired) electrons. The fourth-order valence-electron chi connectivity index (χ4n) is 3.23. The maximum absolute atomic E-state index is 12.1. The van der Waals surface area contributed by atoms with Crippen LogP contribution in [0.25, 0.3) is 0 Å². The van der Waals surface area contributed by atoms with Crippen molar-refractivity contribution in [3.63, 3.8) is 0 Å². The van der Waals surface area contributed by atoms with Crippen LogP contribution in [0.4, 0.5) is 4.79 Å². The van der Waals surface area contributed by atoms with E-state index in [1.54, 1.807) is 0 Å². The molecule has 2 heterocycles. The van der Waals surface area contributed by atoms with E-state index in [0.29, 0.717) is 6.04 Å². The third-order valence-electron chi connectivity index (χ3n) is 4.24. The summed E-state index contributed by atoms with van der Waals surface area (Å²) in [4.78, 5) is 16.2. The van der Waals surface area contributed by atoms with Gasteiger partial charge in [0, 0.05) is 26.2 Å². The maximum atomic E-state index is 12.1. The minimum Gasteiger partial charge on any atom is -0.325 e. The zero-order valence-electron chi connectivity index (χ0n) is 9.33. The van der Waals surface area contributed by atoms with E-state index in [1.807, 2.05) is 11.9 Å². The number of rotatable bonds is 1. The van der Waals surface area contributed by atoms with Gasteiger partial charge in [-0.15, -0.1) is 0 Å². The molecule has 1 unspecified atom stereocenters. The van der Waals surface area contributed by atoms with Crippen molar-refractivity contribution in [2.75, 3.05) is 26.7 Å². The second-order valence-corrected chi connectivity index (χ2v) is 5.24. The van der Waals surface area contributed by atoms with Gasteiger partial charge < -0.3 is 15.1 Å². The van der Waals surface area contributed by atoms with Gasteiger partial charge >= 0.3 is 6.03 Å². The highest BCUT2D eigenvalue weighted by molar-refractivity contribution is 5.78. The van der Waals surface area contributed by atoms with E-state index >= 15 is 0 Å². The van der Waals surface area contributed by atoms with Crippen LogP contribution in [0.3, 0.4) is 0 Å². The first-order valence-electron chi connectivity index (χ1n) is 5.98. The summed E-state index contributed by atoms with van der Waals surface area (Å²) in [5.41, 5.74) is 0.122. The molecule has 3 aliphatic rings. The molecule has 1 atom stereocenters. The van der Waals surface area contributed by atoms with Gasteiger partial charge in [-0.2, -0.15) is 0 Å². The Kier molecular flexibility index (Phi) is 1.96. The predicted octanol–water partition coefficient (Wildman–Crippen LogP) is 0.638. The molecule has 3 fully saturated rings. The smallest absolute Gasteiger partial charge is 0.320 e. The molecule has 15 heavy (non-hydrogen) atoms. The lowest BCUT2D eigenvalue weighted by Gasteiger charge is -2.43. The van der Waals surface area contributed by atoms with Crippen LogP contribution in [0.1, 0.15) is 25.7 Å². The summed E-state index contributed by atoms with van der Waals surface area (Å²) in [6, 6.07) is 0.783. The molecule has 2 amide bonds. The normalized spacial score (nSPS) is 36.7. The van der Waals surface area contributed by atoms with E-state index in [-0.39, 0.29) is 11.6 Å². The Morgan fingerprint density at radius 3 is 2.80 bits per heavy atom. The fourth-order valence-corrected chi connectivity index (χ4v) is 3.23. The molecular weight excluding hydrogens is 190 g/mol. The highest BCUT2D eigenvalue weighted by Gasteiger charge is 2.53. The van der Waals surface area contributed by atoms with Crippen LogP contribution < -0.4 is 5.32 Å². The van der Waals surface area contributed by atoms with Crippen molar-refractivity contribution in [2.24, 2.45) is 0 Å². The molecule has 3 rings (SSSR count). The number of carbonyl (C=O) groups is 1. The Bertz CT molecular complexity index is 282. The minimum absolute atomic E-state index is 0.122. The molecule has 2 saturated heterocycles. The number of amides is 2. The average molecular weight is 209 g/mol. The molecule has 4 nitrogen and oxygen atoms in total. The quantitative estimate of drug-likeness (QED) is 0.688. The monoisotopic (exact) mass is 209 g/mol. The highest BCUT2D eigenvalue weighted by Crippen LogP contribution is 2.38. The van der Waals surface area contributed by atoms with Gasteiger partial charge in [0.25, 0.3) is 0 Å². The second-order valence-electron chi connectivity index (χ2n) is 5.24. The first-order chi connectivity index (χ1) is 7.23. The standard InChI is InChI=1S/C11H19N3O/c1-13-8-11(5-6-12-7-11)14(10(13)15)9-3-2-4-9/h9,12H,2-8H2,1H3. The van der Waals surface area contributed by atoms with E-state index < -0.39 is 0 Å². The summed E-state index contributed by atoms with van der Waals surface area (Å²) in [5, 5.41) is 3.41. The van der Waals surface area contributed by atoms with Gasteiger partial charge in [-0.05, 0) is 32.2 Å². The van der Waals surface area contributed by atoms with E-state index in [1.165, 1.54) is 19.3 Å². The first-order valence-corrected chi connectivity index (χ1v) is 5.98. The van der Waals surface area contributed by atoms with Gasteiger partial charge in [0.2, 0.25) is 0 Å². The van der Waals surface area contributed by atoms with Gasteiger partial charge in [-0.3, -0.25) is 0 Å². The Balaban J connectivity index is 1.88. The van der Waals surface area contributed by atoms with Gasteiger partial charge in [0.1, 0.15) is 0 Å². The van der Waals surface area contributed by atoms with Crippen molar-refractivity contribution in [2.45, 2.75) is 37.3 Å². The van der Waals surface area contributed by atoms with E-state index in [2.05, 4.69) is 10.2 Å². The number of urea groups is 1. The molecule has 0 aromatic heterocycles. The number of nitrogens with zero attached hydrogens (tertiary/aromatic N) is 2. The molecule has 0 aromatic rings. The van der Waals surface area contributed by atoms with Crippen LogP contribution in [0.5, 0.6) is 0 Å². The summed E-state index contributed by atoms with van der Waals surface area (Å²) in [6.07, 6.45) is 4.84. The molecule has 1 spiro atoms. The van der Waals surface area contributed by atoms with E-state index in [0.717, 1.165) is 26.1 Å². The molecule has 0 aromatic carbocycles. The van der Waals surface area contributed by atoms with Crippen molar-refractivity contribution in [1.29, 1.82) is 0 Å². The molecule has 0 bridgehead atoms. The van der Waals surface area contributed by atoms with Crippen molar-refractivity contribution >= 4 is 6.03 Å². The van der Waals surface area contributed by atoms with Crippen LogP contribution in [0.15, 0.2) is 0 Å². The lowest BCUT2D eigenvalue weighted by atomic mass is 9.86. The Labute approximate surface area is 90.6 Å². The van der Waals surface area contributed by atoms with Crippen LogP contribution in [-0.4, -0.2) is 54.1 Å². The van der Waals surface area contributed by atoms with Crippen LogP contribution in [-0.2, 0) is 0 Å². The third kappa shape index (κ3) is 1.20. The van der Waals surface area contributed by atoms with Crippen LogP contribution >= 0.6 is 0 Å². The summed E-state index contributed by atoms with van der Waals surface area (Å²) in [6.45, 7) is 2.96. The van der Waals surface area contributed by atoms with Crippen LogP contribution in [0.2, 0.25) is 0 Å². The Morgan fingerprint density at radius 1 is 1.47 bits per heavy atom. The minimum atomic E-state index is 0.122.